The Balaban J connectivity index is 2.88. The Bertz CT molecular complexity index is 459. The molecule has 7 heteroatoms. The maximum absolute atomic E-state index is 14.1. The van der Waals surface area contributed by atoms with Gasteiger partial charge < -0.3 is 9.84 Å². The Labute approximate surface area is 128 Å². The molecule has 0 bridgehead atoms. The molecular formula is C15H23F2NO4. The first-order chi connectivity index (χ1) is 9.93. The maximum Gasteiger partial charge on any atom is 0.320 e. The first-order valence-electron chi connectivity index (χ1n) is 7.12. The molecule has 0 aromatic rings. The number of nitrogens with zero attached hydrogens (tertiary/aromatic N) is 1. The summed E-state index contributed by atoms with van der Waals surface area (Å²) in [4.78, 5) is 24.7. The van der Waals surface area contributed by atoms with Crippen LogP contribution in [0.3, 0.4) is 0 Å². The van der Waals surface area contributed by atoms with Crippen molar-refractivity contribution >= 4 is 11.9 Å². The highest BCUT2D eigenvalue weighted by Crippen LogP contribution is 2.44. The van der Waals surface area contributed by atoms with Crippen molar-refractivity contribution in [3.63, 3.8) is 0 Å². The van der Waals surface area contributed by atoms with Gasteiger partial charge >= 0.3 is 11.9 Å². The van der Waals surface area contributed by atoms with Crippen LogP contribution < -0.4 is 0 Å². The third kappa shape index (κ3) is 4.03. The van der Waals surface area contributed by atoms with Gasteiger partial charge in [-0.1, -0.05) is 6.58 Å². The predicted octanol–water partition coefficient (Wildman–Crippen LogP) is 2.32. The van der Waals surface area contributed by atoms with Crippen LogP contribution in [-0.2, 0) is 14.3 Å². The molecule has 126 valence electrons. The molecule has 1 N–H and O–H groups in total. The quantitative estimate of drug-likeness (QED) is 0.622. The van der Waals surface area contributed by atoms with Crippen LogP contribution in [0.1, 0.15) is 33.6 Å². The summed E-state index contributed by atoms with van der Waals surface area (Å²) in [6, 6.07) is 0. The van der Waals surface area contributed by atoms with Gasteiger partial charge in [0, 0.05) is 6.54 Å². The Morgan fingerprint density at radius 1 is 1.41 bits per heavy atom. The molecule has 0 aromatic heterocycles. The number of aliphatic carboxylic acids is 1. The summed E-state index contributed by atoms with van der Waals surface area (Å²) in [5.41, 5.74) is -2.93. The standard InChI is InChI=1S/C15H23F2NO4/c1-5-15(16,17)14(12(20)21)7-6-8-18(10-14)9-11(19)22-13(2,3)4/h5H,1,6-10H2,2-4H3,(H,20,21). The third-order valence-corrected chi connectivity index (χ3v) is 3.65. The van der Waals surface area contributed by atoms with E-state index in [4.69, 9.17) is 4.74 Å². The van der Waals surface area contributed by atoms with E-state index in [1.807, 2.05) is 0 Å². The SMILES string of the molecule is C=CC(F)(F)C1(C(=O)O)CCCN(CC(=O)OC(C)(C)C)C1. The lowest BCUT2D eigenvalue weighted by Crippen LogP contribution is -2.57. The minimum absolute atomic E-state index is 0.161. The average molecular weight is 319 g/mol. The molecule has 1 saturated heterocycles. The van der Waals surface area contributed by atoms with Crippen LogP contribution in [-0.4, -0.2) is 53.1 Å². The van der Waals surface area contributed by atoms with E-state index < -0.39 is 35.4 Å². The molecule has 1 unspecified atom stereocenters. The van der Waals surface area contributed by atoms with Gasteiger partial charge in [-0.3, -0.25) is 14.5 Å². The molecule has 0 aliphatic carbocycles. The van der Waals surface area contributed by atoms with Crippen LogP contribution in [0.2, 0.25) is 0 Å². The van der Waals surface area contributed by atoms with Gasteiger partial charge in [0.1, 0.15) is 11.0 Å². The van der Waals surface area contributed by atoms with Gasteiger partial charge in [-0.15, -0.1) is 0 Å². The largest absolute Gasteiger partial charge is 0.481 e. The molecule has 1 rings (SSSR count). The smallest absolute Gasteiger partial charge is 0.320 e. The summed E-state index contributed by atoms with van der Waals surface area (Å²) < 4.78 is 33.3. The van der Waals surface area contributed by atoms with Crippen molar-refractivity contribution in [1.29, 1.82) is 0 Å². The highest BCUT2D eigenvalue weighted by atomic mass is 19.3. The summed E-state index contributed by atoms with van der Waals surface area (Å²) in [5, 5.41) is 9.32. The van der Waals surface area contributed by atoms with Crippen LogP contribution in [0.4, 0.5) is 8.78 Å². The number of carbonyl (C=O) groups excluding carboxylic acids is 1. The maximum atomic E-state index is 14.1. The van der Waals surface area contributed by atoms with Gasteiger partial charge in [0.15, 0.2) is 0 Å². The number of esters is 1. The van der Waals surface area contributed by atoms with E-state index in [0.29, 0.717) is 12.6 Å². The molecular weight excluding hydrogens is 296 g/mol. The van der Waals surface area contributed by atoms with Crippen LogP contribution >= 0.6 is 0 Å². The van der Waals surface area contributed by atoms with E-state index in [0.717, 1.165) is 0 Å². The fourth-order valence-electron chi connectivity index (χ4n) is 2.62. The van der Waals surface area contributed by atoms with Crippen molar-refractivity contribution in [2.24, 2.45) is 5.41 Å². The first-order valence-corrected chi connectivity index (χ1v) is 7.12. The van der Waals surface area contributed by atoms with E-state index >= 15 is 0 Å². The summed E-state index contributed by atoms with van der Waals surface area (Å²) in [6.45, 7) is 7.91. The molecule has 1 atom stereocenters. The van der Waals surface area contributed by atoms with E-state index in [2.05, 4.69) is 6.58 Å². The van der Waals surface area contributed by atoms with Crippen LogP contribution in [0, 0.1) is 5.41 Å². The summed E-state index contributed by atoms with van der Waals surface area (Å²) >= 11 is 0. The highest BCUT2D eigenvalue weighted by Gasteiger charge is 2.59. The normalized spacial score (nSPS) is 23.9. The number of likely N-dealkylation sites (tertiary alicyclic amines) is 1. The lowest BCUT2D eigenvalue weighted by Gasteiger charge is -2.42. The van der Waals surface area contributed by atoms with E-state index in [9.17, 15) is 23.5 Å². The Morgan fingerprint density at radius 3 is 2.45 bits per heavy atom. The molecule has 0 radical (unpaired) electrons. The predicted molar refractivity (Wildman–Crippen MR) is 76.7 cm³/mol. The number of rotatable bonds is 5. The fourth-order valence-corrected chi connectivity index (χ4v) is 2.62. The van der Waals surface area contributed by atoms with E-state index in [1.54, 1.807) is 20.8 Å². The molecule has 1 aliphatic rings. The Morgan fingerprint density at radius 2 is 2.00 bits per heavy atom. The second-order valence-electron chi connectivity index (χ2n) is 6.62. The molecule has 1 fully saturated rings. The zero-order chi connectivity index (χ0) is 17.2. The number of carboxylic acids is 1. The molecule has 0 spiro atoms. The molecule has 0 saturated carbocycles. The molecule has 0 amide bonds. The number of ether oxygens (including phenoxy) is 1. The van der Waals surface area contributed by atoms with E-state index in [-0.39, 0.29) is 19.4 Å². The van der Waals surface area contributed by atoms with Crippen molar-refractivity contribution in [2.75, 3.05) is 19.6 Å². The summed E-state index contributed by atoms with van der Waals surface area (Å²) in [5.74, 6) is -5.69. The van der Waals surface area contributed by atoms with Crippen LogP contribution in [0.25, 0.3) is 0 Å². The van der Waals surface area contributed by atoms with Crippen molar-refractivity contribution < 1.29 is 28.2 Å². The van der Waals surface area contributed by atoms with Crippen LogP contribution in [0.5, 0.6) is 0 Å². The summed E-state index contributed by atoms with van der Waals surface area (Å²) in [6.07, 6.45) is 0.475. The number of piperidine rings is 1. The van der Waals surface area contributed by atoms with Gasteiger partial charge in [0.25, 0.3) is 5.92 Å². The van der Waals surface area contributed by atoms with Gasteiger partial charge in [0.05, 0.1) is 6.54 Å². The minimum atomic E-state index is -3.55. The topological polar surface area (TPSA) is 66.8 Å². The second kappa shape index (κ2) is 6.32. The number of alkyl halides is 2. The molecule has 1 aliphatic heterocycles. The number of halogens is 2. The van der Waals surface area contributed by atoms with Crippen molar-refractivity contribution in [3.8, 4) is 0 Å². The molecule has 5 nitrogen and oxygen atoms in total. The number of hydrogen-bond acceptors (Lipinski definition) is 4. The second-order valence-corrected chi connectivity index (χ2v) is 6.62. The third-order valence-electron chi connectivity index (χ3n) is 3.65. The lowest BCUT2D eigenvalue weighted by atomic mass is 9.74. The van der Waals surface area contributed by atoms with Crippen molar-refractivity contribution in [2.45, 2.75) is 45.1 Å². The number of hydrogen-bond donors (Lipinski definition) is 1. The number of carboxylic acid groups (broad SMARTS) is 1. The zero-order valence-electron chi connectivity index (χ0n) is 13.2. The minimum Gasteiger partial charge on any atom is -0.481 e. The Kier molecular flexibility index (Phi) is 5.33. The monoisotopic (exact) mass is 319 g/mol. The van der Waals surface area contributed by atoms with E-state index in [1.165, 1.54) is 4.90 Å². The van der Waals surface area contributed by atoms with Crippen molar-refractivity contribution in [3.05, 3.63) is 12.7 Å². The first kappa shape index (κ1) is 18.5. The number of allylic oxidation sites excluding steroid dienone is 1. The van der Waals surface area contributed by atoms with Gasteiger partial charge in [-0.05, 0) is 46.2 Å². The van der Waals surface area contributed by atoms with Gasteiger partial charge in [0.2, 0.25) is 0 Å². The molecule has 22 heavy (non-hydrogen) atoms. The average Bonchev–Trinajstić information content (AvgIpc) is 2.36. The molecule has 1 heterocycles. The van der Waals surface area contributed by atoms with Crippen molar-refractivity contribution in [1.82, 2.24) is 4.90 Å². The van der Waals surface area contributed by atoms with Gasteiger partial charge in [-0.2, -0.15) is 0 Å². The van der Waals surface area contributed by atoms with Crippen LogP contribution in [0.15, 0.2) is 12.7 Å². The molecule has 0 aromatic carbocycles. The lowest BCUT2D eigenvalue weighted by molar-refractivity contribution is -0.181. The van der Waals surface area contributed by atoms with Gasteiger partial charge in [-0.25, -0.2) is 8.78 Å². The zero-order valence-corrected chi connectivity index (χ0v) is 13.2. The number of carbonyl (C=O) groups is 2. The highest BCUT2D eigenvalue weighted by molar-refractivity contribution is 5.77. The fraction of sp³-hybridized carbons (Fsp3) is 0.733. The summed E-state index contributed by atoms with van der Waals surface area (Å²) in [7, 11) is 0. The Hall–Kier alpha value is -1.50.